The maximum Gasteiger partial charge on any atom is 0.134 e. The van der Waals surface area contributed by atoms with Crippen molar-refractivity contribution in [1.29, 1.82) is 0 Å². The molecule has 19 heavy (non-hydrogen) atoms. The number of hydrogen-bond acceptors (Lipinski definition) is 3. The molecular formula is C14H16Cl2NO2-. The van der Waals surface area contributed by atoms with E-state index in [9.17, 15) is 0 Å². The topological polar surface area (TPSA) is 45.4 Å². The second kappa shape index (κ2) is 7.56. The highest BCUT2D eigenvalue weighted by Crippen LogP contribution is 2.23. The second-order valence-corrected chi connectivity index (χ2v) is 4.69. The lowest BCUT2D eigenvalue weighted by atomic mass is 10.2. The van der Waals surface area contributed by atoms with Gasteiger partial charge in [0.25, 0.3) is 0 Å². The average Bonchev–Trinajstić information content (AvgIpc) is 2.78. The summed E-state index contributed by atoms with van der Waals surface area (Å²) < 4.78 is 5.70. The van der Waals surface area contributed by atoms with Gasteiger partial charge in [0.15, 0.2) is 0 Å². The Hall–Kier alpha value is -1.00. The van der Waals surface area contributed by atoms with Crippen LogP contribution in [0, 0.1) is 0 Å². The van der Waals surface area contributed by atoms with Crippen molar-refractivity contribution in [2.75, 3.05) is 6.54 Å². The molecule has 3 nitrogen and oxygen atoms in total. The molecule has 0 saturated heterocycles. The van der Waals surface area contributed by atoms with Gasteiger partial charge in [0.2, 0.25) is 0 Å². The Morgan fingerprint density at radius 1 is 1.21 bits per heavy atom. The van der Waals surface area contributed by atoms with Crippen molar-refractivity contribution in [3.8, 4) is 11.3 Å². The number of aliphatic hydroxyl groups excluding tert-OH is 1. The van der Waals surface area contributed by atoms with E-state index in [1.165, 1.54) is 0 Å². The monoisotopic (exact) mass is 300 g/mol. The highest BCUT2D eigenvalue weighted by Gasteiger charge is 2.05. The first kappa shape index (κ1) is 16.1. The number of nitrogens with one attached hydrogen (secondary N) is 1. The van der Waals surface area contributed by atoms with E-state index >= 15 is 0 Å². The number of halogens is 2. The van der Waals surface area contributed by atoms with E-state index in [-0.39, 0.29) is 18.5 Å². The van der Waals surface area contributed by atoms with Crippen LogP contribution in [0.4, 0.5) is 0 Å². The molecule has 104 valence electrons. The van der Waals surface area contributed by atoms with Crippen LogP contribution in [0.1, 0.15) is 12.7 Å². The number of aliphatic hydroxyl groups is 1. The van der Waals surface area contributed by atoms with Crippen LogP contribution < -0.4 is 17.7 Å². The molecule has 1 heterocycles. The third-order valence-corrected chi connectivity index (χ3v) is 2.78. The van der Waals surface area contributed by atoms with E-state index in [4.69, 9.17) is 21.1 Å². The molecule has 1 aromatic heterocycles. The molecule has 0 bridgehead atoms. The Labute approximate surface area is 124 Å². The minimum atomic E-state index is -0.351. The van der Waals surface area contributed by atoms with Crippen LogP contribution in [0.5, 0.6) is 0 Å². The van der Waals surface area contributed by atoms with Gasteiger partial charge >= 0.3 is 0 Å². The Kier molecular flexibility index (Phi) is 6.38. The molecular weight excluding hydrogens is 285 g/mol. The van der Waals surface area contributed by atoms with Gasteiger partial charge in [0.1, 0.15) is 11.5 Å². The molecule has 2 aromatic rings. The summed E-state index contributed by atoms with van der Waals surface area (Å²) in [4.78, 5) is 0. The van der Waals surface area contributed by atoms with Gasteiger partial charge in [-0.05, 0) is 43.3 Å². The Morgan fingerprint density at radius 3 is 2.53 bits per heavy atom. The van der Waals surface area contributed by atoms with Gasteiger partial charge in [-0.1, -0.05) is 11.6 Å². The summed E-state index contributed by atoms with van der Waals surface area (Å²) in [5, 5.41) is 13.0. The lowest BCUT2D eigenvalue weighted by molar-refractivity contribution is -0.00000646. The molecule has 1 atom stereocenters. The molecule has 0 aliphatic heterocycles. The molecule has 0 aliphatic carbocycles. The van der Waals surface area contributed by atoms with Crippen molar-refractivity contribution in [3.05, 3.63) is 47.2 Å². The summed E-state index contributed by atoms with van der Waals surface area (Å²) in [5.74, 6) is 1.67. The van der Waals surface area contributed by atoms with E-state index in [2.05, 4.69) is 5.32 Å². The first-order chi connectivity index (χ1) is 8.65. The molecule has 1 aromatic carbocycles. The molecule has 0 fully saturated rings. The fourth-order valence-corrected chi connectivity index (χ4v) is 1.77. The van der Waals surface area contributed by atoms with Crippen molar-refractivity contribution in [1.82, 2.24) is 5.32 Å². The number of hydrogen-bond donors (Lipinski definition) is 2. The third kappa shape index (κ3) is 4.88. The van der Waals surface area contributed by atoms with Gasteiger partial charge in [-0.3, -0.25) is 0 Å². The summed E-state index contributed by atoms with van der Waals surface area (Å²) in [6.45, 7) is 2.91. The van der Waals surface area contributed by atoms with Crippen LogP contribution in [0.25, 0.3) is 11.3 Å². The van der Waals surface area contributed by atoms with Crippen LogP contribution in [0.3, 0.4) is 0 Å². The lowest BCUT2D eigenvalue weighted by Crippen LogP contribution is -3.00. The molecule has 0 spiro atoms. The summed E-state index contributed by atoms with van der Waals surface area (Å²) in [6.07, 6.45) is -0.351. The Morgan fingerprint density at radius 2 is 1.89 bits per heavy atom. The minimum absolute atomic E-state index is 0. The number of benzene rings is 1. The molecule has 1 unspecified atom stereocenters. The maximum absolute atomic E-state index is 9.13. The highest BCUT2D eigenvalue weighted by molar-refractivity contribution is 6.30. The largest absolute Gasteiger partial charge is 1.00 e. The molecule has 5 heteroatoms. The summed E-state index contributed by atoms with van der Waals surface area (Å²) >= 11 is 5.84. The molecule has 2 N–H and O–H groups in total. The molecule has 0 saturated carbocycles. The standard InChI is InChI=1S/C14H16ClNO2.ClH/c1-10(17)8-16-9-13-6-7-14(18-13)11-2-4-12(15)5-3-11;/h2-7,10,16-17H,8-9H2,1H3;1H/p-1. The van der Waals surface area contributed by atoms with E-state index < -0.39 is 0 Å². The highest BCUT2D eigenvalue weighted by atomic mass is 35.5. The average molecular weight is 301 g/mol. The quantitative estimate of drug-likeness (QED) is 0.822. The second-order valence-electron chi connectivity index (χ2n) is 4.25. The zero-order valence-corrected chi connectivity index (χ0v) is 12.1. The fraction of sp³-hybridized carbons (Fsp3) is 0.286. The summed E-state index contributed by atoms with van der Waals surface area (Å²) in [5.41, 5.74) is 1.00. The van der Waals surface area contributed by atoms with Gasteiger partial charge in [0.05, 0.1) is 12.6 Å². The van der Waals surface area contributed by atoms with Crippen molar-refractivity contribution < 1.29 is 21.9 Å². The Balaban J connectivity index is 0.00000180. The summed E-state index contributed by atoms with van der Waals surface area (Å²) in [7, 11) is 0. The van der Waals surface area contributed by atoms with Crippen molar-refractivity contribution in [2.24, 2.45) is 0 Å². The van der Waals surface area contributed by atoms with Crippen LogP contribution >= 0.6 is 11.6 Å². The minimum Gasteiger partial charge on any atom is -1.00 e. The van der Waals surface area contributed by atoms with Gasteiger partial charge in [-0.25, -0.2) is 0 Å². The van der Waals surface area contributed by atoms with Crippen molar-refractivity contribution in [2.45, 2.75) is 19.6 Å². The zero-order valence-electron chi connectivity index (χ0n) is 10.6. The predicted octanol–water partition coefficient (Wildman–Crippen LogP) is 0.0744. The first-order valence-corrected chi connectivity index (χ1v) is 6.26. The third-order valence-electron chi connectivity index (χ3n) is 2.53. The fourth-order valence-electron chi connectivity index (χ4n) is 1.65. The van der Waals surface area contributed by atoms with Crippen molar-refractivity contribution >= 4 is 11.6 Å². The van der Waals surface area contributed by atoms with Gasteiger partial charge < -0.3 is 27.2 Å². The number of furan rings is 1. The molecule has 0 aliphatic rings. The van der Waals surface area contributed by atoms with Gasteiger partial charge in [0, 0.05) is 17.1 Å². The lowest BCUT2D eigenvalue weighted by Gasteiger charge is -2.04. The van der Waals surface area contributed by atoms with E-state index in [0.717, 1.165) is 17.1 Å². The van der Waals surface area contributed by atoms with Crippen molar-refractivity contribution in [3.63, 3.8) is 0 Å². The Bertz CT molecular complexity index is 494. The zero-order chi connectivity index (χ0) is 13.0. The normalized spacial score (nSPS) is 11.9. The van der Waals surface area contributed by atoms with Crippen LogP contribution in [0.2, 0.25) is 5.02 Å². The summed E-state index contributed by atoms with van der Waals surface area (Å²) in [6, 6.07) is 11.4. The SMILES string of the molecule is CC(O)CNCc1ccc(-c2ccc(Cl)cc2)o1.[Cl-]. The molecule has 0 radical (unpaired) electrons. The first-order valence-electron chi connectivity index (χ1n) is 5.88. The maximum atomic E-state index is 9.13. The predicted molar refractivity (Wildman–Crippen MR) is 72.5 cm³/mol. The van der Waals surface area contributed by atoms with Gasteiger partial charge in [-0.2, -0.15) is 0 Å². The number of rotatable bonds is 5. The van der Waals surface area contributed by atoms with Crippen LogP contribution in [-0.2, 0) is 6.54 Å². The van der Waals surface area contributed by atoms with E-state index in [1.807, 2.05) is 36.4 Å². The van der Waals surface area contributed by atoms with Crippen LogP contribution in [-0.4, -0.2) is 17.8 Å². The van der Waals surface area contributed by atoms with Gasteiger partial charge in [-0.15, -0.1) is 0 Å². The smallest absolute Gasteiger partial charge is 0.134 e. The van der Waals surface area contributed by atoms with E-state index in [0.29, 0.717) is 18.1 Å². The van der Waals surface area contributed by atoms with E-state index in [1.54, 1.807) is 6.92 Å². The van der Waals surface area contributed by atoms with Crippen LogP contribution in [0.15, 0.2) is 40.8 Å². The molecule has 0 amide bonds. The molecule has 2 rings (SSSR count).